The zero-order chi connectivity index (χ0) is 15.8. The van der Waals surface area contributed by atoms with Crippen LogP contribution in [0.15, 0.2) is 27.6 Å². The number of alkyl halides is 3. The summed E-state index contributed by atoms with van der Waals surface area (Å²) in [7, 11) is -2.60. The lowest BCUT2D eigenvalue weighted by Crippen LogP contribution is -2.38. The molecule has 0 saturated carbocycles. The number of halogens is 4. The molecule has 1 fully saturated rings. The van der Waals surface area contributed by atoms with Crippen molar-refractivity contribution in [2.45, 2.75) is 23.5 Å². The van der Waals surface area contributed by atoms with Crippen LogP contribution in [0.1, 0.15) is 12.0 Å². The highest BCUT2D eigenvalue weighted by atomic mass is 79.9. The number of sulfonamides is 1. The van der Waals surface area contributed by atoms with E-state index in [9.17, 15) is 21.6 Å². The van der Waals surface area contributed by atoms with Crippen LogP contribution in [0.4, 0.5) is 13.2 Å². The summed E-state index contributed by atoms with van der Waals surface area (Å²) < 4.78 is 64.6. The van der Waals surface area contributed by atoms with Crippen LogP contribution >= 0.6 is 15.9 Å². The van der Waals surface area contributed by atoms with Crippen LogP contribution in [0, 0.1) is 0 Å². The van der Waals surface area contributed by atoms with Crippen molar-refractivity contribution in [3.05, 3.63) is 28.2 Å². The van der Waals surface area contributed by atoms with Gasteiger partial charge in [-0.25, -0.2) is 8.42 Å². The van der Waals surface area contributed by atoms with Gasteiger partial charge in [0.15, 0.2) is 0 Å². The third kappa shape index (κ3) is 3.41. The van der Waals surface area contributed by atoms with E-state index in [4.69, 9.17) is 0 Å². The van der Waals surface area contributed by atoms with E-state index in [1.807, 2.05) is 0 Å². The van der Waals surface area contributed by atoms with Crippen molar-refractivity contribution in [1.82, 2.24) is 9.62 Å². The first-order valence-electron chi connectivity index (χ1n) is 6.19. The van der Waals surface area contributed by atoms with Gasteiger partial charge in [0.1, 0.15) is 0 Å². The normalized spacial score (nSPS) is 20.2. The summed E-state index contributed by atoms with van der Waals surface area (Å²) in [4.78, 5) is -0.369. The molecule has 9 heteroatoms. The molecule has 118 valence electrons. The molecule has 2 rings (SSSR count). The fraction of sp³-hybridized carbons (Fsp3) is 0.500. The summed E-state index contributed by atoms with van der Waals surface area (Å²) in [5.74, 6) is 0. The molecule has 1 aliphatic heterocycles. The standard InChI is InChI=1S/C12H14BrF3N2O2S/c1-18(9-4-5-17-7-9)21(19,20)11-6-8(12(14,15)16)2-3-10(11)13/h2-3,6,9,17H,4-5,7H2,1H3. The van der Waals surface area contributed by atoms with Gasteiger partial charge in [-0.15, -0.1) is 0 Å². The molecular formula is C12H14BrF3N2O2S. The van der Waals surface area contributed by atoms with Gasteiger partial charge in [-0.1, -0.05) is 0 Å². The van der Waals surface area contributed by atoms with E-state index < -0.39 is 21.8 Å². The maximum Gasteiger partial charge on any atom is 0.416 e. The van der Waals surface area contributed by atoms with Crippen molar-refractivity contribution < 1.29 is 21.6 Å². The summed E-state index contributed by atoms with van der Waals surface area (Å²) in [6, 6.07) is 2.37. The summed E-state index contributed by atoms with van der Waals surface area (Å²) in [6.07, 6.45) is -3.95. The molecule has 1 atom stereocenters. The molecule has 1 aromatic rings. The van der Waals surface area contributed by atoms with E-state index in [-0.39, 0.29) is 15.4 Å². The summed E-state index contributed by atoms with van der Waals surface area (Å²) >= 11 is 3.02. The number of benzene rings is 1. The number of rotatable bonds is 3. The van der Waals surface area contributed by atoms with E-state index >= 15 is 0 Å². The molecule has 0 spiro atoms. The first-order valence-corrected chi connectivity index (χ1v) is 8.43. The molecule has 0 bridgehead atoms. The van der Waals surface area contributed by atoms with Crippen LogP contribution in [-0.4, -0.2) is 38.9 Å². The Morgan fingerprint density at radius 3 is 2.57 bits per heavy atom. The highest BCUT2D eigenvalue weighted by molar-refractivity contribution is 9.10. The average molecular weight is 387 g/mol. The molecule has 1 heterocycles. The Bertz CT molecular complexity index is 628. The zero-order valence-corrected chi connectivity index (χ0v) is 13.5. The van der Waals surface area contributed by atoms with Gasteiger partial charge < -0.3 is 5.32 Å². The second kappa shape index (κ2) is 5.86. The van der Waals surface area contributed by atoms with Crippen LogP contribution in [0.3, 0.4) is 0 Å². The molecule has 1 N–H and O–H groups in total. The minimum absolute atomic E-state index is 0.119. The van der Waals surface area contributed by atoms with Crippen LogP contribution in [0.5, 0.6) is 0 Å². The Labute approximate surface area is 129 Å². The number of hydrogen-bond donors (Lipinski definition) is 1. The van der Waals surface area contributed by atoms with E-state index in [2.05, 4.69) is 21.2 Å². The highest BCUT2D eigenvalue weighted by Crippen LogP contribution is 2.34. The monoisotopic (exact) mass is 386 g/mol. The minimum Gasteiger partial charge on any atom is -0.315 e. The maximum absolute atomic E-state index is 12.8. The SMILES string of the molecule is CN(C1CCNC1)S(=O)(=O)c1cc(C(F)(F)F)ccc1Br. The molecule has 0 amide bonds. The van der Waals surface area contributed by atoms with Crippen LogP contribution in [0.25, 0.3) is 0 Å². The van der Waals surface area contributed by atoms with E-state index in [0.29, 0.717) is 25.6 Å². The van der Waals surface area contributed by atoms with Crippen molar-refractivity contribution in [2.75, 3.05) is 20.1 Å². The van der Waals surface area contributed by atoms with Crippen molar-refractivity contribution in [3.63, 3.8) is 0 Å². The number of hydrogen-bond acceptors (Lipinski definition) is 3. The largest absolute Gasteiger partial charge is 0.416 e. The Kier molecular flexibility index (Phi) is 4.67. The van der Waals surface area contributed by atoms with Gasteiger partial charge in [-0.2, -0.15) is 17.5 Å². The lowest BCUT2D eigenvalue weighted by molar-refractivity contribution is -0.137. The molecule has 1 saturated heterocycles. The third-order valence-electron chi connectivity index (χ3n) is 3.46. The lowest BCUT2D eigenvalue weighted by Gasteiger charge is -2.24. The fourth-order valence-electron chi connectivity index (χ4n) is 2.18. The molecule has 1 aliphatic rings. The molecule has 4 nitrogen and oxygen atoms in total. The second-order valence-corrected chi connectivity index (χ2v) is 7.63. The quantitative estimate of drug-likeness (QED) is 0.867. The third-order valence-corrected chi connectivity index (χ3v) is 6.37. The Hall–Kier alpha value is -0.640. The van der Waals surface area contributed by atoms with Crippen molar-refractivity contribution in [2.24, 2.45) is 0 Å². The van der Waals surface area contributed by atoms with E-state index in [1.54, 1.807) is 0 Å². The zero-order valence-electron chi connectivity index (χ0n) is 11.1. The predicted molar refractivity (Wildman–Crippen MR) is 75.4 cm³/mol. The van der Waals surface area contributed by atoms with Crippen LogP contribution in [-0.2, 0) is 16.2 Å². The number of nitrogens with one attached hydrogen (secondary N) is 1. The Morgan fingerprint density at radius 2 is 2.05 bits per heavy atom. The summed E-state index contributed by atoms with van der Waals surface area (Å²) in [5.41, 5.74) is -0.984. The molecule has 21 heavy (non-hydrogen) atoms. The average Bonchev–Trinajstić information content (AvgIpc) is 2.90. The predicted octanol–water partition coefficient (Wildman–Crippen LogP) is 2.45. The van der Waals surface area contributed by atoms with Crippen molar-refractivity contribution in [3.8, 4) is 0 Å². The molecule has 1 unspecified atom stereocenters. The van der Waals surface area contributed by atoms with Crippen LogP contribution in [0.2, 0.25) is 0 Å². The van der Waals surface area contributed by atoms with E-state index in [0.717, 1.165) is 16.4 Å². The fourth-order valence-corrected chi connectivity index (χ4v) is 4.51. The second-order valence-electron chi connectivity index (χ2n) is 4.81. The first-order chi connectivity index (χ1) is 9.64. The first kappa shape index (κ1) is 16.7. The van der Waals surface area contributed by atoms with Crippen molar-refractivity contribution in [1.29, 1.82) is 0 Å². The smallest absolute Gasteiger partial charge is 0.315 e. The summed E-state index contributed by atoms with van der Waals surface area (Å²) in [6.45, 7) is 1.18. The van der Waals surface area contributed by atoms with Gasteiger partial charge in [0.2, 0.25) is 10.0 Å². The molecular weight excluding hydrogens is 373 g/mol. The highest BCUT2D eigenvalue weighted by Gasteiger charge is 2.35. The number of nitrogens with zero attached hydrogens (tertiary/aromatic N) is 1. The topological polar surface area (TPSA) is 49.4 Å². The Balaban J connectivity index is 2.44. The maximum atomic E-state index is 12.8. The Morgan fingerprint density at radius 1 is 1.38 bits per heavy atom. The van der Waals surface area contributed by atoms with E-state index in [1.165, 1.54) is 7.05 Å². The van der Waals surface area contributed by atoms with Gasteiger partial charge >= 0.3 is 6.18 Å². The lowest BCUT2D eigenvalue weighted by atomic mass is 10.2. The van der Waals surface area contributed by atoms with Gasteiger partial charge in [0, 0.05) is 24.1 Å². The molecule has 0 aliphatic carbocycles. The molecule has 0 aromatic heterocycles. The minimum atomic E-state index is -4.58. The van der Waals surface area contributed by atoms with Gasteiger partial charge in [-0.05, 0) is 47.1 Å². The molecule has 0 radical (unpaired) electrons. The van der Waals surface area contributed by atoms with Crippen LogP contribution < -0.4 is 5.32 Å². The molecule has 1 aromatic carbocycles. The van der Waals surface area contributed by atoms with Gasteiger partial charge in [0.25, 0.3) is 0 Å². The van der Waals surface area contributed by atoms with Gasteiger partial charge in [-0.3, -0.25) is 0 Å². The summed E-state index contributed by atoms with van der Waals surface area (Å²) in [5, 5.41) is 3.03. The number of likely N-dealkylation sites (N-methyl/N-ethyl adjacent to an activating group) is 1. The van der Waals surface area contributed by atoms with Crippen molar-refractivity contribution >= 4 is 26.0 Å². The van der Waals surface area contributed by atoms with Gasteiger partial charge in [0.05, 0.1) is 10.5 Å².